The summed E-state index contributed by atoms with van der Waals surface area (Å²) in [5.74, 6) is 0. The van der Waals surface area contributed by atoms with Crippen molar-refractivity contribution in [3.8, 4) is 0 Å². The molecule has 0 bridgehead atoms. The molecule has 1 saturated heterocycles. The molecule has 3 N–H and O–H groups in total. The molecule has 0 amide bonds. The molecule has 0 spiro atoms. The highest BCUT2D eigenvalue weighted by Gasteiger charge is 2.47. The zero-order valence-corrected chi connectivity index (χ0v) is 13.3. The summed E-state index contributed by atoms with van der Waals surface area (Å²) in [5, 5.41) is 17.4. The van der Waals surface area contributed by atoms with Gasteiger partial charge in [0.1, 0.15) is 20.1 Å². The van der Waals surface area contributed by atoms with Gasteiger partial charge in [0, 0.05) is 6.42 Å². The Kier molecular flexibility index (Phi) is 5.12. The van der Waals surface area contributed by atoms with Crippen molar-refractivity contribution in [1.82, 2.24) is 0 Å². The van der Waals surface area contributed by atoms with Gasteiger partial charge in [-0.1, -0.05) is 0 Å². The number of rotatable bonds is 5. The summed E-state index contributed by atoms with van der Waals surface area (Å²) in [7, 11) is -2.77. The minimum atomic E-state index is -4.28. The van der Waals surface area contributed by atoms with Crippen LogP contribution in [0.1, 0.15) is 34.1 Å². The second kappa shape index (κ2) is 5.67. The van der Waals surface area contributed by atoms with Crippen LogP contribution in [0, 0.1) is 0 Å². The van der Waals surface area contributed by atoms with E-state index in [-0.39, 0.29) is 6.42 Å². The van der Waals surface area contributed by atoms with Gasteiger partial charge in [-0.05, 0) is 27.7 Å². The van der Waals surface area contributed by atoms with Gasteiger partial charge >= 0.3 is 7.60 Å². The first-order valence-electron chi connectivity index (χ1n) is 6.50. The first kappa shape index (κ1) is 18.1. The highest BCUT2D eigenvalue weighted by atomic mass is 31.2. The zero-order valence-electron chi connectivity index (χ0n) is 12.4. The molecule has 1 fully saturated rings. The van der Waals surface area contributed by atoms with Crippen LogP contribution in [-0.2, 0) is 13.8 Å². The summed E-state index contributed by atoms with van der Waals surface area (Å²) in [4.78, 5) is 9.74. The molecule has 1 aliphatic rings. The van der Waals surface area contributed by atoms with Crippen LogP contribution in [0.3, 0.4) is 0 Å². The van der Waals surface area contributed by atoms with Crippen LogP contribution in [0.15, 0.2) is 0 Å². The number of aliphatic hydroxyl groups is 2. The fourth-order valence-electron chi connectivity index (χ4n) is 2.05. The maximum Gasteiger partial charge on any atom is 0.359 e. The Morgan fingerprint density at radius 1 is 1.40 bits per heavy atom. The van der Waals surface area contributed by atoms with Crippen molar-refractivity contribution in [2.45, 2.75) is 69.4 Å². The molecule has 0 saturated carbocycles. The summed E-state index contributed by atoms with van der Waals surface area (Å²) < 4.78 is 35.8. The molecular formula is C11H23BFO6P. The molecule has 0 aromatic rings. The minimum absolute atomic E-state index is 0.0273. The molecule has 0 aromatic carbocycles. The van der Waals surface area contributed by atoms with E-state index in [9.17, 15) is 24.1 Å². The lowest BCUT2D eigenvalue weighted by Crippen LogP contribution is -2.37. The summed E-state index contributed by atoms with van der Waals surface area (Å²) in [6.07, 6.45) is -3.59. The highest BCUT2D eigenvalue weighted by Crippen LogP contribution is 2.56. The maximum atomic E-state index is 13.5. The van der Waals surface area contributed by atoms with Crippen LogP contribution < -0.4 is 0 Å². The van der Waals surface area contributed by atoms with Crippen molar-refractivity contribution in [3.63, 3.8) is 0 Å². The smallest absolute Gasteiger partial charge is 0.359 e. The predicted molar refractivity (Wildman–Crippen MR) is 74.0 cm³/mol. The van der Waals surface area contributed by atoms with E-state index in [1.807, 2.05) is 0 Å². The molecule has 0 aromatic heterocycles. The SMILES string of the molecule is B[C@@H]1O[C@H](CC(C)(C)OP(=O)(O)C(C)(C)O)[C@@H](O)[C@H]1F. The third kappa shape index (κ3) is 4.03. The van der Waals surface area contributed by atoms with Crippen LogP contribution in [-0.4, -0.2) is 58.3 Å². The summed E-state index contributed by atoms with van der Waals surface area (Å²) in [5.41, 5.74) is -1.17. The summed E-state index contributed by atoms with van der Waals surface area (Å²) in [6.45, 7) is 5.39. The van der Waals surface area contributed by atoms with E-state index in [0.717, 1.165) is 0 Å². The van der Waals surface area contributed by atoms with Crippen LogP contribution in [0.25, 0.3) is 0 Å². The highest BCUT2D eigenvalue weighted by molar-refractivity contribution is 7.54. The normalized spacial score (nSPS) is 35.0. The van der Waals surface area contributed by atoms with E-state index in [4.69, 9.17) is 9.26 Å². The first-order chi connectivity index (χ1) is 8.77. The van der Waals surface area contributed by atoms with Crippen molar-refractivity contribution in [2.75, 3.05) is 0 Å². The Morgan fingerprint density at radius 2 is 1.90 bits per heavy atom. The van der Waals surface area contributed by atoms with Gasteiger partial charge in [0.2, 0.25) is 0 Å². The molecule has 6 nitrogen and oxygen atoms in total. The fraction of sp³-hybridized carbons (Fsp3) is 1.00. The Morgan fingerprint density at radius 3 is 2.25 bits per heavy atom. The van der Waals surface area contributed by atoms with Gasteiger partial charge in [0.05, 0.1) is 17.7 Å². The van der Waals surface area contributed by atoms with E-state index in [2.05, 4.69) is 0 Å². The van der Waals surface area contributed by atoms with E-state index in [0.29, 0.717) is 0 Å². The molecule has 5 atom stereocenters. The van der Waals surface area contributed by atoms with Crippen molar-refractivity contribution in [3.05, 3.63) is 0 Å². The standard InChI is InChI=1S/C11H23BFO6P/c1-10(2,19-20(16,17)11(3,4)15)5-6-8(14)7(13)9(12)18-6/h6-9,14-15H,5,12H2,1-4H3,(H,16,17)/t6-,7-,8-,9-/m1/s1. The second-order valence-corrected chi connectivity index (χ2v) is 8.70. The average Bonchev–Trinajstić information content (AvgIpc) is 2.42. The lowest BCUT2D eigenvalue weighted by atomic mass is 9.92. The molecule has 0 aliphatic carbocycles. The van der Waals surface area contributed by atoms with E-state index >= 15 is 0 Å². The molecule has 1 rings (SSSR count). The quantitative estimate of drug-likeness (QED) is 0.494. The lowest BCUT2D eigenvalue weighted by Gasteiger charge is -2.34. The monoisotopic (exact) mass is 312 g/mol. The number of aliphatic hydroxyl groups excluding tert-OH is 1. The molecular weight excluding hydrogens is 289 g/mol. The van der Waals surface area contributed by atoms with Gasteiger partial charge in [-0.2, -0.15) is 0 Å². The van der Waals surface area contributed by atoms with Gasteiger partial charge in [-0.25, -0.2) is 4.39 Å². The maximum absolute atomic E-state index is 13.5. The lowest BCUT2D eigenvalue weighted by molar-refractivity contribution is -0.0332. The van der Waals surface area contributed by atoms with E-state index < -0.39 is 42.9 Å². The molecule has 1 unspecified atom stereocenters. The van der Waals surface area contributed by atoms with Crippen LogP contribution in [0.5, 0.6) is 0 Å². The third-order valence-corrected chi connectivity index (χ3v) is 5.42. The molecule has 0 radical (unpaired) electrons. The molecule has 9 heteroatoms. The summed E-state index contributed by atoms with van der Waals surface area (Å²) in [6, 6.07) is -0.735. The van der Waals surface area contributed by atoms with Gasteiger partial charge in [0.15, 0.2) is 5.34 Å². The number of halogens is 1. The number of alkyl halides is 1. The van der Waals surface area contributed by atoms with Gasteiger partial charge in [-0.3, -0.25) is 4.57 Å². The Balaban J connectivity index is 2.74. The third-order valence-electron chi connectivity index (χ3n) is 3.30. The van der Waals surface area contributed by atoms with Crippen molar-refractivity contribution in [2.24, 2.45) is 0 Å². The van der Waals surface area contributed by atoms with E-state index in [1.165, 1.54) is 35.5 Å². The Labute approximate surface area is 119 Å². The predicted octanol–water partition coefficient (Wildman–Crippen LogP) is 0.142. The van der Waals surface area contributed by atoms with Gasteiger partial charge in [-0.15, -0.1) is 0 Å². The van der Waals surface area contributed by atoms with Gasteiger partial charge < -0.3 is 24.4 Å². The molecule has 1 aliphatic heterocycles. The van der Waals surface area contributed by atoms with Crippen molar-refractivity contribution < 1.29 is 33.3 Å². The minimum Gasteiger partial charge on any atom is -0.387 e. The van der Waals surface area contributed by atoms with Crippen molar-refractivity contribution >= 4 is 15.4 Å². The molecule has 20 heavy (non-hydrogen) atoms. The van der Waals surface area contributed by atoms with Crippen molar-refractivity contribution in [1.29, 1.82) is 0 Å². The Hall–Kier alpha value is 0.0249. The van der Waals surface area contributed by atoms with E-state index in [1.54, 1.807) is 0 Å². The topological polar surface area (TPSA) is 96.2 Å². The van der Waals surface area contributed by atoms with Crippen LogP contribution in [0.4, 0.5) is 4.39 Å². The van der Waals surface area contributed by atoms with Crippen LogP contribution in [0.2, 0.25) is 0 Å². The molecule has 1 heterocycles. The Bertz CT molecular complexity index is 399. The zero-order chi connectivity index (χ0) is 15.9. The summed E-state index contributed by atoms with van der Waals surface area (Å²) >= 11 is 0. The largest absolute Gasteiger partial charge is 0.387 e. The number of hydrogen-bond acceptors (Lipinski definition) is 5. The number of hydrogen-bond donors (Lipinski definition) is 3. The van der Waals surface area contributed by atoms with Gasteiger partial charge in [0.25, 0.3) is 0 Å². The molecule has 118 valence electrons. The number of ether oxygens (including phenoxy) is 1. The average molecular weight is 312 g/mol. The van der Waals surface area contributed by atoms with Crippen LogP contribution >= 0.6 is 7.60 Å². The first-order valence-corrected chi connectivity index (χ1v) is 8.08. The fourth-order valence-corrected chi connectivity index (χ4v) is 3.02. The second-order valence-electron chi connectivity index (χ2n) is 6.38.